The van der Waals surface area contributed by atoms with E-state index < -0.39 is 5.97 Å². The first-order valence-corrected chi connectivity index (χ1v) is 6.12. The minimum Gasteiger partial charge on any atom is -0.477 e. The summed E-state index contributed by atoms with van der Waals surface area (Å²) in [6.45, 7) is 3.52. The first-order valence-electron chi connectivity index (χ1n) is 5.24. The average Bonchev–Trinajstić information content (AvgIpc) is 2.62. The number of aryl methyl sites for hydroxylation is 2. The molecule has 6 nitrogen and oxygen atoms in total. The van der Waals surface area contributed by atoms with Crippen LogP contribution >= 0.6 is 11.3 Å². The highest BCUT2D eigenvalue weighted by Crippen LogP contribution is 2.16. The van der Waals surface area contributed by atoms with Crippen LogP contribution in [0.3, 0.4) is 0 Å². The van der Waals surface area contributed by atoms with Crippen LogP contribution in [0, 0.1) is 13.8 Å². The van der Waals surface area contributed by atoms with Gasteiger partial charge in [0.15, 0.2) is 0 Å². The number of carboxylic acid groups (broad SMARTS) is 1. The Labute approximate surface area is 108 Å². The Bertz CT molecular complexity index is 586. The Hall–Kier alpha value is -2.02. The van der Waals surface area contributed by atoms with Crippen LogP contribution in [-0.4, -0.2) is 26.0 Å². The van der Waals surface area contributed by atoms with Crippen LogP contribution in [-0.2, 0) is 6.42 Å². The molecule has 0 atom stereocenters. The molecule has 2 aromatic heterocycles. The molecule has 0 bridgehead atoms. The lowest BCUT2D eigenvalue weighted by Crippen LogP contribution is -2.12. The number of aromatic carboxylic acids is 1. The first kappa shape index (κ1) is 12.4. The fraction of sp³-hybridized carbons (Fsp3) is 0.273. The number of nitrogen functional groups attached to an aromatic ring is 1. The van der Waals surface area contributed by atoms with Crippen molar-refractivity contribution < 1.29 is 9.90 Å². The maximum atomic E-state index is 10.9. The molecule has 2 heterocycles. The normalized spacial score (nSPS) is 10.6. The van der Waals surface area contributed by atoms with E-state index in [1.165, 1.54) is 11.3 Å². The van der Waals surface area contributed by atoms with E-state index in [9.17, 15) is 4.79 Å². The molecule has 0 unspecified atom stereocenters. The zero-order chi connectivity index (χ0) is 13.3. The van der Waals surface area contributed by atoms with E-state index in [-0.39, 0.29) is 11.4 Å². The van der Waals surface area contributed by atoms with Crippen molar-refractivity contribution in [3.05, 3.63) is 33.2 Å². The number of hydrogen-bond acceptors (Lipinski definition) is 6. The SMILES string of the molecule is Cc1csc(Cc2nc(C)c(C(=O)O)c(N)n2)n1. The van der Waals surface area contributed by atoms with E-state index in [1.54, 1.807) is 6.92 Å². The summed E-state index contributed by atoms with van der Waals surface area (Å²) in [5.74, 6) is -0.621. The number of hydrogen-bond donors (Lipinski definition) is 2. The van der Waals surface area contributed by atoms with Gasteiger partial charge in [-0.05, 0) is 13.8 Å². The van der Waals surface area contributed by atoms with Crippen molar-refractivity contribution in [1.29, 1.82) is 0 Å². The monoisotopic (exact) mass is 264 g/mol. The third-order valence-electron chi connectivity index (χ3n) is 2.35. The van der Waals surface area contributed by atoms with Gasteiger partial charge in [0.1, 0.15) is 22.2 Å². The van der Waals surface area contributed by atoms with Crippen molar-refractivity contribution in [2.75, 3.05) is 5.73 Å². The van der Waals surface area contributed by atoms with E-state index >= 15 is 0 Å². The van der Waals surface area contributed by atoms with Crippen LogP contribution in [0.25, 0.3) is 0 Å². The average molecular weight is 264 g/mol. The molecule has 0 spiro atoms. The number of nitrogens with zero attached hydrogens (tertiary/aromatic N) is 3. The molecule has 0 aliphatic rings. The van der Waals surface area contributed by atoms with Crippen LogP contribution in [0.1, 0.15) is 32.6 Å². The predicted octanol–water partition coefficient (Wildman–Crippen LogP) is 1.42. The lowest BCUT2D eigenvalue weighted by Gasteiger charge is -2.05. The molecule has 0 saturated carbocycles. The Morgan fingerprint density at radius 2 is 2.11 bits per heavy atom. The molecule has 3 N–H and O–H groups in total. The topological polar surface area (TPSA) is 102 Å². The molecule has 0 aliphatic heterocycles. The van der Waals surface area contributed by atoms with E-state index in [0.717, 1.165) is 10.7 Å². The second-order valence-electron chi connectivity index (χ2n) is 3.85. The third-order valence-corrected chi connectivity index (χ3v) is 3.32. The highest BCUT2D eigenvalue weighted by Gasteiger charge is 2.16. The van der Waals surface area contributed by atoms with E-state index in [0.29, 0.717) is 17.9 Å². The van der Waals surface area contributed by atoms with Gasteiger partial charge in [0.2, 0.25) is 0 Å². The summed E-state index contributed by atoms with van der Waals surface area (Å²) in [7, 11) is 0. The molecule has 0 aliphatic carbocycles. The van der Waals surface area contributed by atoms with E-state index in [4.69, 9.17) is 10.8 Å². The van der Waals surface area contributed by atoms with Crippen molar-refractivity contribution in [3.63, 3.8) is 0 Å². The second-order valence-corrected chi connectivity index (χ2v) is 4.79. The summed E-state index contributed by atoms with van der Waals surface area (Å²) < 4.78 is 0. The Balaban J connectivity index is 2.33. The van der Waals surface area contributed by atoms with Crippen molar-refractivity contribution >= 4 is 23.1 Å². The van der Waals surface area contributed by atoms with Gasteiger partial charge in [-0.3, -0.25) is 0 Å². The standard InChI is InChI=1S/C11H12N4O2S/c1-5-4-18-8(13-5)3-7-14-6(2)9(11(16)17)10(12)15-7/h4H,3H2,1-2H3,(H,16,17)(H2,12,14,15). The quantitative estimate of drug-likeness (QED) is 0.869. The number of anilines is 1. The third kappa shape index (κ3) is 2.45. The molecule has 7 heteroatoms. The van der Waals surface area contributed by atoms with Gasteiger partial charge in [0.05, 0.1) is 12.1 Å². The zero-order valence-corrected chi connectivity index (χ0v) is 10.8. The summed E-state index contributed by atoms with van der Waals surface area (Å²) in [6, 6.07) is 0. The molecule has 0 amide bonds. The molecule has 0 saturated heterocycles. The van der Waals surface area contributed by atoms with E-state index in [2.05, 4.69) is 15.0 Å². The molecule has 2 aromatic rings. The number of rotatable bonds is 3. The number of carbonyl (C=O) groups is 1. The lowest BCUT2D eigenvalue weighted by molar-refractivity contribution is 0.0696. The fourth-order valence-electron chi connectivity index (χ4n) is 1.62. The van der Waals surface area contributed by atoms with Gasteiger partial charge in [-0.25, -0.2) is 19.7 Å². The number of nitrogens with two attached hydrogens (primary N) is 1. The van der Waals surface area contributed by atoms with Crippen LogP contribution in [0.4, 0.5) is 5.82 Å². The fourth-order valence-corrected chi connectivity index (χ4v) is 2.39. The highest BCUT2D eigenvalue weighted by atomic mass is 32.1. The first-order chi connectivity index (χ1) is 8.47. The maximum Gasteiger partial charge on any atom is 0.341 e. The molecular weight excluding hydrogens is 252 g/mol. The summed E-state index contributed by atoms with van der Waals surface area (Å²) in [5, 5.41) is 11.8. The zero-order valence-electron chi connectivity index (χ0n) is 9.97. The second kappa shape index (κ2) is 4.69. The number of carboxylic acids is 1. The Morgan fingerprint density at radius 3 is 2.61 bits per heavy atom. The van der Waals surface area contributed by atoms with Crippen molar-refractivity contribution in [1.82, 2.24) is 15.0 Å². The van der Waals surface area contributed by atoms with Crippen molar-refractivity contribution in [2.45, 2.75) is 20.3 Å². The number of thiazole rings is 1. The number of aromatic nitrogens is 3. The molecule has 0 fully saturated rings. The van der Waals surface area contributed by atoms with Gasteiger partial charge in [0, 0.05) is 11.1 Å². The molecule has 2 rings (SSSR count). The summed E-state index contributed by atoms with van der Waals surface area (Å²) >= 11 is 1.52. The van der Waals surface area contributed by atoms with Gasteiger partial charge >= 0.3 is 5.97 Å². The van der Waals surface area contributed by atoms with Gasteiger partial charge in [-0.2, -0.15) is 0 Å². The molecule has 0 radical (unpaired) electrons. The maximum absolute atomic E-state index is 10.9. The smallest absolute Gasteiger partial charge is 0.341 e. The van der Waals surface area contributed by atoms with E-state index in [1.807, 2.05) is 12.3 Å². The van der Waals surface area contributed by atoms with Crippen LogP contribution < -0.4 is 5.73 Å². The van der Waals surface area contributed by atoms with Crippen LogP contribution in [0.15, 0.2) is 5.38 Å². The summed E-state index contributed by atoms with van der Waals surface area (Å²) in [5.41, 5.74) is 6.92. The predicted molar refractivity (Wildman–Crippen MR) is 67.8 cm³/mol. The Kier molecular flexibility index (Phi) is 3.24. The Morgan fingerprint density at radius 1 is 1.39 bits per heavy atom. The van der Waals surface area contributed by atoms with Crippen LogP contribution in [0.5, 0.6) is 0 Å². The highest BCUT2D eigenvalue weighted by molar-refractivity contribution is 7.09. The molecular formula is C11H12N4O2S. The van der Waals surface area contributed by atoms with Crippen molar-refractivity contribution in [3.8, 4) is 0 Å². The van der Waals surface area contributed by atoms with Crippen molar-refractivity contribution in [2.24, 2.45) is 0 Å². The summed E-state index contributed by atoms with van der Waals surface area (Å²) in [4.78, 5) is 23.4. The van der Waals surface area contributed by atoms with Gasteiger partial charge in [-0.1, -0.05) is 0 Å². The van der Waals surface area contributed by atoms with Gasteiger partial charge < -0.3 is 10.8 Å². The molecule has 94 valence electrons. The van der Waals surface area contributed by atoms with Gasteiger partial charge in [-0.15, -0.1) is 11.3 Å². The lowest BCUT2D eigenvalue weighted by atomic mass is 10.2. The minimum atomic E-state index is -1.11. The largest absolute Gasteiger partial charge is 0.477 e. The van der Waals surface area contributed by atoms with Crippen LogP contribution in [0.2, 0.25) is 0 Å². The summed E-state index contributed by atoms with van der Waals surface area (Å²) in [6.07, 6.45) is 0.462. The molecule has 18 heavy (non-hydrogen) atoms. The van der Waals surface area contributed by atoms with Gasteiger partial charge in [0.25, 0.3) is 0 Å². The molecule has 0 aromatic carbocycles. The minimum absolute atomic E-state index is 0.00159.